The van der Waals surface area contributed by atoms with Crippen LogP contribution in [0.5, 0.6) is 5.75 Å². The summed E-state index contributed by atoms with van der Waals surface area (Å²) in [7, 11) is 1.72. The third kappa shape index (κ3) is 3.94. The molecule has 1 aliphatic heterocycles. The van der Waals surface area contributed by atoms with Gasteiger partial charge < -0.3 is 10.1 Å². The molecule has 0 bridgehead atoms. The van der Waals surface area contributed by atoms with E-state index in [1.165, 1.54) is 5.56 Å². The van der Waals surface area contributed by atoms with E-state index in [9.17, 15) is 0 Å². The van der Waals surface area contributed by atoms with Gasteiger partial charge in [-0.05, 0) is 42.8 Å². The molecule has 1 fully saturated rings. The van der Waals surface area contributed by atoms with Gasteiger partial charge in [-0.15, -0.1) is 0 Å². The first-order chi connectivity index (χ1) is 11.7. The highest BCUT2D eigenvalue weighted by atomic mass is 79.9. The molecule has 1 N–H and O–H groups in total. The topological polar surface area (TPSA) is 24.5 Å². The van der Waals surface area contributed by atoms with Crippen LogP contribution in [0.1, 0.15) is 23.6 Å². The molecule has 5 heteroatoms. The molecule has 1 unspecified atom stereocenters. The van der Waals surface area contributed by atoms with E-state index in [1.54, 1.807) is 7.11 Å². The molecule has 0 aliphatic carbocycles. The lowest BCUT2D eigenvalue weighted by molar-refractivity contribution is 0.235. The van der Waals surface area contributed by atoms with E-state index in [0.717, 1.165) is 53.4 Å². The van der Waals surface area contributed by atoms with Crippen molar-refractivity contribution in [3.63, 3.8) is 0 Å². The third-order valence-electron chi connectivity index (χ3n) is 4.43. The highest BCUT2D eigenvalue weighted by Gasteiger charge is 2.27. The minimum Gasteiger partial charge on any atom is -0.496 e. The maximum absolute atomic E-state index is 6.32. The summed E-state index contributed by atoms with van der Waals surface area (Å²) in [5.41, 5.74) is 2.35. The summed E-state index contributed by atoms with van der Waals surface area (Å²) in [5, 5.41) is 4.21. The third-order valence-corrected chi connectivity index (χ3v) is 5.38. The van der Waals surface area contributed by atoms with Crippen LogP contribution in [-0.2, 0) is 0 Å². The van der Waals surface area contributed by atoms with Gasteiger partial charge in [0, 0.05) is 34.7 Å². The molecular formula is C19H22BrClN2O. The Morgan fingerprint density at radius 1 is 1.12 bits per heavy atom. The van der Waals surface area contributed by atoms with Crippen molar-refractivity contribution in [3.8, 4) is 5.75 Å². The van der Waals surface area contributed by atoms with Crippen LogP contribution in [0, 0.1) is 0 Å². The Bertz CT molecular complexity index is 687. The fourth-order valence-electron chi connectivity index (χ4n) is 3.30. The summed E-state index contributed by atoms with van der Waals surface area (Å²) in [5.74, 6) is 0.873. The molecular weight excluding hydrogens is 388 g/mol. The van der Waals surface area contributed by atoms with E-state index < -0.39 is 0 Å². The van der Waals surface area contributed by atoms with E-state index in [0.29, 0.717) is 0 Å². The lowest BCUT2D eigenvalue weighted by atomic mass is 9.96. The van der Waals surface area contributed by atoms with Crippen molar-refractivity contribution in [1.82, 2.24) is 10.2 Å². The number of nitrogens with zero attached hydrogens (tertiary/aromatic N) is 1. The molecule has 1 atom stereocenters. The average molecular weight is 410 g/mol. The van der Waals surface area contributed by atoms with Crippen LogP contribution in [0.3, 0.4) is 0 Å². The van der Waals surface area contributed by atoms with Crippen LogP contribution < -0.4 is 10.1 Å². The lowest BCUT2D eigenvalue weighted by Gasteiger charge is -2.33. The Labute approximate surface area is 157 Å². The van der Waals surface area contributed by atoms with Gasteiger partial charge in [-0.3, -0.25) is 4.90 Å². The molecule has 1 aliphatic rings. The summed E-state index contributed by atoms with van der Waals surface area (Å²) in [6, 6.07) is 14.4. The van der Waals surface area contributed by atoms with Crippen molar-refractivity contribution in [2.75, 3.05) is 33.3 Å². The van der Waals surface area contributed by atoms with Gasteiger partial charge in [0.15, 0.2) is 0 Å². The number of halogens is 2. The summed E-state index contributed by atoms with van der Waals surface area (Å²) < 4.78 is 6.75. The van der Waals surface area contributed by atoms with Crippen LogP contribution >= 0.6 is 27.5 Å². The lowest BCUT2D eigenvalue weighted by Crippen LogP contribution is -2.33. The second-order valence-corrected chi connectivity index (χ2v) is 7.24. The minimum absolute atomic E-state index is 0.106. The van der Waals surface area contributed by atoms with E-state index in [4.69, 9.17) is 16.3 Å². The van der Waals surface area contributed by atoms with Crippen molar-refractivity contribution >= 4 is 27.5 Å². The van der Waals surface area contributed by atoms with Crippen molar-refractivity contribution in [2.24, 2.45) is 0 Å². The number of hydrogen-bond acceptors (Lipinski definition) is 3. The van der Waals surface area contributed by atoms with Crippen LogP contribution in [0.25, 0.3) is 0 Å². The largest absolute Gasteiger partial charge is 0.496 e. The Morgan fingerprint density at radius 3 is 2.75 bits per heavy atom. The first kappa shape index (κ1) is 17.7. The van der Waals surface area contributed by atoms with E-state index >= 15 is 0 Å². The van der Waals surface area contributed by atoms with Crippen molar-refractivity contribution in [3.05, 3.63) is 63.1 Å². The maximum atomic E-state index is 6.32. The zero-order valence-electron chi connectivity index (χ0n) is 13.8. The van der Waals surface area contributed by atoms with E-state index in [2.05, 4.69) is 44.3 Å². The van der Waals surface area contributed by atoms with E-state index in [1.807, 2.05) is 24.3 Å². The zero-order valence-corrected chi connectivity index (χ0v) is 16.1. The number of methoxy groups -OCH3 is 1. The standard InChI is InChI=1S/C19H22BrClN2O/c1-24-18-8-7-14(21)13-16(18)19(15-5-2-3-6-17(15)20)23-11-4-9-22-10-12-23/h2-3,5-8,13,19,22H,4,9-12H2,1H3. The van der Waals surface area contributed by atoms with Crippen molar-refractivity contribution in [2.45, 2.75) is 12.5 Å². The average Bonchev–Trinajstić information content (AvgIpc) is 2.86. The zero-order chi connectivity index (χ0) is 16.9. The molecule has 2 aromatic carbocycles. The van der Waals surface area contributed by atoms with Gasteiger partial charge in [-0.25, -0.2) is 0 Å². The Balaban J connectivity index is 2.11. The summed E-state index contributed by atoms with van der Waals surface area (Å²) in [6.07, 6.45) is 1.13. The monoisotopic (exact) mass is 408 g/mol. The van der Waals surface area contributed by atoms with Crippen molar-refractivity contribution < 1.29 is 4.74 Å². The predicted octanol–water partition coefficient (Wildman–Crippen LogP) is 4.50. The SMILES string of the molecule is COc1ccc(Cl)cc1C(c1ccccc1Br)N1CCCNCC1. The summed E-state index contributed by atoms with van der Waals surface area (Å²) in [6.45, 7) is 4.08. The molecule has 0 spiro atoms. The van der Waals surface area contributed by atoms with Gasteiger partial charge in [-0.1, -0.05) is 45.7 Å². The molecule has 1 heterocycles. The Hall–Kier alpha value is -1.07. The van der Waals surface area contributed by atoms with Gasteiger partial charge in [0.1, 0.15) is 5.75 Å². The molecule has 128 valence electrons. The molecule has 0 aromatic heterocycles. The normalized spacial score (nSPS) is 17.3. The van der Waals surface area contributed by atoms with Gasteiger partial charge in [0.2, 0.25) is 0 Å². The molecule has 3 rings (SSSR count). The number of benzene rings is 2. The summed E-state index contributed by atoms with van der Waals surface area (Å²) >= 11 is 10.0. The molecule has 1 saturated heterocycles. The molecule has 3 nitrogen and oxygen atoms in total. The fourth-order valence-corrected chi connectivity index (χ4v) is 3.98. The Morgan fingerprint density at radius 2 is 1.96 bits per heavy atom. The van der Waals surface area contributed by atoms with Gasteiger partial charge in [0.25, 0.3) is 0 Å². The number of rotatable bonds is 4. The number of hydrogen-bond donors (Lipinski definition) is 1. The maximum Gasteiger partial charge on any atom is 0.124 e. The van der Waals surface area contributed by atoms with Crippen LogP contribution in [0.2, 0.25) is 5.02 Å². The van der Waals surface area contributed by atoms with Crippen molar-refractivity contribution in [1.29, 1.82) is 0 Å². The fraction of sp³-hybridized carbons (Fsp3) is 0.368. The quantitative estimate of drug-likeness (QED) is 0.805. The second kappa shape index (κ2) is 8.34. The van der Waals surface area contributed by atoms with Crippen LogP contribution in [0.4, 0.5) is 0 Å². The Kier molecular flexibility index (Phi) is 6.17. The van der Waals surface area contributed by atoms with Gasteiger partial charge >= 0.3 is 0 Å². The predicted molar refractivity (Wildman–Crippen MR) is 103 cm³/mol. The minimum atomic E-state index is 0.106. The second-order valence-electron chi connectivity index (χ2n) is 5.95. The molecule has 2 aromatic rings. The summed E-state index contributed by atoms with van der Waals surface area (Å²) in [4.78, 5) is 2.51. The number of nitrogens with one attached hydrogen (secondary N) is 1. The number of ether oxygens (including phenoxy) is 1. The highest BCUT2D eigenvalue weighted by Crippen LogP contribution is 2.39. The molecule has 0 amide bonds. The molecule has 0 radical (unpaired) electrons. The van der Waals surface area contributed by atoms with Crippen LogP contribution in [0.15, 0.2) is 46.9 Å². The first-order valence-electron chi connectivity index (χ1n) is 8.23. The molecule has 24 heavy (non-hydrogen) atoms. The highest BCUT2D eigenvalue weighted by molar-refractivity contribution is 9.10. The smallest absolute Gasteiger partial charge is 0.124 e. The first-order valence-corrected chi connectivity index (χ1v) is 9.40. The van der Waals surface area contributed by atoms with Gasteiger partial charge in [0.05, 0.1) is 13.2 Å². The van der Waals surface area contributed by atoms with Crippen LogP contribution in [-0.4, -0.2) is 38.2 Å². The van der Waals surface area contributed by atoms with E-state index in [-0.39, 0.29) is 6.04 Å². The molecule has 0 saturated carbocycles. The van der Waals surface area contributed by atoms with Gasteiger partial charge in [-0.2, -0.15) is 0 Å².